The molecule has 0 spiro atoms. The van der Waals surface area contributed by atoms with Crippen LogP contribution in [-0.4, -0.2) is 72.0 Å². The van der Waals surface area contributed by atoms with Gasteiger partial charge in [0.15, 0.2) is 0 Å². The Morgan fingerprint density at radius 1 is 0.848 bits per heavy atom. The van der Waals surface area contributed by atoms with E-state index in [0.29, 0.717) is 6.54 Å². The van der Waals surface area contributed by atoms with Crippen molar-refractivity contribution >= 4 is 35.1 Å². The fourth-order valence-corrected chi connectivity index (χ4v) is 5.26. The van der Waals surface area contributed by atoms with Crippen LogP contribution in [-0.2, 0) is 11.3 Å². The molecule has 33 heavy (non-hydrogen) atoms. The van der Waals surface area contributed by atoms with Gasteiger partial charge in [-0.05, 0) is 42.7 Å². The van der Waals surface area contributed by atoms with E-state index in [9.17, 15) is 9.59 Å². The number of benzene rings is 2. The standard InChI is InChI=1S/C25H33N5O2S/c31-24(26-23-8-4-5-20(17-23)18-30-13-15-33-16-14-30)19-29-11-9-22(10-12-29)28-25(32)27-21-6-2-1-3-7-21/h1-8,17,22H,9-16,18-19H2,(H,26,31)(H2,27,28,32). The highest BCUT2D eigenvalue weighted by Gasteiger charge is 2.22. The monoisotopic (exact) mass is 467 g/mol. The molecule has 0 unspecified atom stereocenters. The Hall–Kier alpha value is -2.55. The van der Waals surface area contributed by atoms with Crippen LogP contribution in [0, 0.1) is 0 Å². The molecular formula is C25H33N5O2S. The molecule has 0 aliphatic carbocycles. The lowest BCUT2D eigenvalue weighted by Gasteiger charge is -2.31. The van der Waals surface area contributed by atoms with Crippen molar-refractivity contribution in [2.75, 3.05) is 54.9 Å². The number of hydrogen-bond donors (Lipinski definition) is 3. The van der Waals surface area contributed by atoms with Gasteiger partial charge in [-0.15, -0.1) is 0 Å². The molecule has 2 fully saturated rings. The van der Waals surface area contributed by atoms with Gasteiger partial charge in [-0.25, -0.2) is 4.79 Å². The maximum Gasteiger partial charge on any atom is 0.319 e. The molecule has 2 aromatic carbocycles. The van der Waals surface area contributed by atoms with E-state index in [-0.39, 0.29) is 18.0 Å². The molecule has 0 radical (unpaired) electrons. The lowest BCUT2D eigenvalue weighted by Crippen LogP contribution is -2.47. The Morgan fingerprint density at radius 2 is 1.58 bits per heavy atom. The predicted octanol–water partition coefficient (Wildman–Crippen LogP) is 3.46. The second kappa shape index (κ2) is 12.1. The van der Waals surface area contributed by atoms with Crippen LogP contribution in [0.3, 0.4) is 0 Å². The second-order valence-electron chi connectivity index (χ2n) is 8.65. The summed E-state index contributed by atoms with van der Waals surface area (Å²) in [4.78, 5) is 29.4. The van der Waals surface area contributed by atoms with Gasteiger partial charge < -0.3 is 16.0 Å². The van der Waals surface area contributed by atoms with Crippen LogP contribution in [0.25, 0.3) is 0 Å². The van der Waals surface area contributed by atoms with Crippen molar-refractivity contribution in [3.8, 4) is 0 Å². The Labute approximate surface area is 200 Å². The van der Waals surface area contributed by atoms with Crippen LogP contribution in [0.2, 0.25) is 0 Å². The van der Waals surface area contributed by atoms with Gasteiger partial charge in [-0.1, -0.05) is 30.3 Å². The molecule has 176 valence electrons. The van der Waals surface area contributed by atoms with Crippen LogP contribution >= 0.6 is 11.8 Å². The number of piperidine rings is 1. The van der Waals surface area contributed by atoms with Gasteiger partial charge in [-0.3, -0.25) is 14.6 Å². The largest absolute Gasteiger partial charge is 0.335 e. The van der Waals surface area contributed by atoms with Crippen LogP contribution in [0.1, 0.15) is 18.4 Å². The Kier molecular flexibility index (Phi) is 8.63. The van der Waals surface area contributed by atoms with Crippen molar-refractivity contribution in [3.63, 3.8) is 0 Å². The number of rotatable bonds is 7. The molecule has 2 aliphatic heterocycles. The molecule has 7 nitrogen and oxygen atoms in total. The molecule has 0 atom stereocenters. The van der Waals surface area contributed by atoms with E-state index in [0.717, 1.165) is 56.9 Å². The number of likely N-dealkylation sites (tertiary alicyclic amines) is 1. The SMILES string of the molecule is O=C(CN1CCC(NC(=O)Nc2ccccc2)CC1)Nc1cccc(CN2CCSCC2)c1. The zero-order valence-corrected chi connectivity index (χ0v) is 19.8. The molecule has 3 N–H and O–H groups in total. The predicted molar refractivity (Wildman–Crippen MR) is 136 cm³/mol. The highest BCUT2D eigenvalue weighted by molar-refractivity contribution is 7.99. The van der Waals surface area contributed by atoms with Crippen LogP contribution in [0.4, 0.5) is 16.2 Å². The smallest absolute Gasteiger partial charge is 0.319 e. The third-order valence-corrected chi connectivity index (χ3v) is 6.98. The van der Waals surface area contributed by atoms with Gasteiger partial charge in [-0.2, -0.15) is 11.8 Å². The number of carbonyl (C=O) groups excluding carboxylic acids is 2. The fraction of sp³-hybridized carbons (Fsp3) is 0.440. The average Bonchev–Trinajstić information content (AvgIpc) is 2.82. The molecule has 0 bridgehead atoms. The molecule has 8 heteroatoms. The number of para-hydroxylation sites is 1. The second-order valence-corrected chi connectivity index (χ2v) is 9.88. The minimum atomic E-state index is -0.180. The minimum absolute atomic E-state index is 0.00903. The van der Waals surface area contributed by atoms with Gasteiger partial charge in [0.25, 0.3) is 0 Å². The normalized spacial score (nSPS) is 17.9. The Balaban J connectivity index is 1.17. The lowest BCUT2D eigenvalue weighted by molar-refractivity contribution is -0.117. The summed E-state index contributed by atoms with van der Waals surface area (Å²) in [5.41, 5.74) is 2.88. The van der Waals surface area contributed by atoms with E-state index in [1.165, 1.54) is 17.1 Å². The Bertz CT molecular complexity index is 912. The first kappa shape index (κ1) is 23.6. The molecule has 2 aromatic rings. The van der Waals surface area contributed by atoms with Crippen molar-refractivity contribution in [2.45, 2.75) is 25.4 Å². The zero-order valence-electron chi connectivity index (χ0n) is 19.0. The summed E-state index contributed by atoms with van der Waals surface area (Å²) in [5, 5.41) is 8.95. The van der Waals surface area contributed by atoms with Gasteiger partial charge in [0.05, 0.1) is 6.54 Å². The summed E-state index contributed by atoms with van der Waals surface area (Å²) in [7, 11) is 0. The molecule has 2 aliphatic rings. The summed E-state index contributed by atoms with van der Waals surface area (Å²) in [5.74, 6) is 2.40. The molecular weight excluding hydrogens is 434 g/mol. The molecule has 0 saturated carbocycles. The third kappa shape index (κ3) is 7.77. The van der Waals surface area contributed by atoms with E-state index >= 15 is 0 Å². The number of nitrogens with one attached hydrogen (secondary N) is 3. The van der Waals surface area contributed by atoms with E-state index in [1.807, 2.05) is 54.2 Å². The van der Waals surface area contributed by atoms with Crippen molar-refractivity contribution in [1.29, 1.82) is 0 Å². The van der Waals surface area contributed by atoms with Crippen molar-refractivity contribution in [3.05, 3.63) is 60.2 Å². The first-order valence-electron chi connectivity index (χ1n) is 11.7. The van der Waals surface area contributed by atoms with Gasteiger partial charge >= 0.3 is 6.03 Å². The van der Waals surface area contributed by atoms with Gasteiger partial charge in [0, 0.05) is 61.6 Å². The first-order valence-corrected chi connectivity index (χ1v) is 12.8. The molecule has 4 rings (SSSR count). The number of anilines is 2. The first-order chi connectivity index (χ1) is 16.1. The van der Waals surface area contributed by atoms with E-state index in [1.54, 1.807) is 0 Å². The third-order valence-electron chi connectivity index (χ3n) is 6.04. The number of amides is 3. The topological polar surface area (TPSA) is 76.7 Å². The van der Waals surface area contributed by atoms with Crippen LogP contribution in [0.5, 0.6) is 0 Å². The quantitative estimate of drug-likeness (QED) is 0.581. The molecule has 3 amide bonds. The van der Waals surface area contributed by atoms with Crippen LogP contribution < -0.4 is 16.0 Å². The van der Waals surface area contributed by atoms with E-state index < -0.39 is 0 Å². The van der Waals surface area contributed by atoms with E-state index in [4.69, 9.17) is 0 Å². The van der Waals surface area contributed by atoms with Crippen molar-refractivity contribution in [2.24, 2.45) is 0 Å². The maximum absolute atomic E-state index is 12.6. The molecule has 2 heterocycles. The van der Waals surface area contributed by atoms with Crippen molar-refractivity contribution < 1.29 is 9.59 Å². The highest BCUT2D eigenvalue weighted by Crippen LogP contribution is 2.17. The van der Waals surface area contributed by atoms with Crippen molar-refractivity contribution in [1.82, 2.24) is 15.1 Å². The summed E-state index contributed by atoms with van der Waals surface area (Å²) < 4.78 is 0. The summed E-state index contributed by atoms with van der Waals surface area (Å²) >= 11 is 2.01. The average molecular weight is 468 g/mol. The maximum atomic E-state index is 12.6. The molecule has 2 saturated heterocycles. The summed E-state index contributed by atoms with van der Waals surface area (Å²) in [6.07, 6.45) is 1.66. The molecule has 0 aromatic heterocycles. The number of carbonyl (C=O) groups is 2. The number of thioether (sulfide) groups is 1. The Morgan fingerprint density at radius 3 is 2.33 bits per heavy atom. The zero-order chi connectivity index (χ0) is 22.9. The number of nitrogens with zero attached hydrogens (tertiary/aromatic N) is 2. The number of hydrogen-bond acceptors (Lipinski definition) is 5. The van der Waals surface area contributed by atoms with Gasteiger partial charge in [0.2, 0.25) is 5.91 Å². The number of urea groups is 1. The lowest BCUT2D eigenvalue weighted by atomic mass is 10.1. The highest BCUT2D eigenvalue weighted by atomic mass is 32.2. The van der Waals surface area contributed by atoms with E-state index in [2.05, 4.69) is 37.9 Å². The summed E-state index contributed by atoms with van der Waals surface area (Å²) in [6, 6.07) is 17.6. The summed E-state index contributed by atoms with van der Waals surface area (Å²) in [6.45, 7) is 5.13. The van der Waals surface area contributed by atoms with Crippen LogP contribution in [0.15, 0.2) is 54.6 Å². The minimum Gasteiger partial charge on any atom is -0.335 e. The van der Waals surface area contributed by atoms with Gasteiger partial charge in [0.1, 0.15) is 0 Å². The fourth-order valence-electron chi connectivity index (χ4n) is 4.28.